The van der Waals surface area contributed by atoms with E-state index >= 15 is 0 Å². The van der Waals surface area contributed by atoms with Crippen LogP contribution in [0.5, 0.6) is 0 Å². The Morgan fingerprint density at radius 3 is 2.39 bits per heavy atom. The highest BCUT2D eigenvalue weighted by molar-refractivity contribution is 5.69. The highest BCUT2D eigenvalue weighted by atomic mass is 16.6. The van der Waals surface area contributed by atoms with Crippen LogP contribution in [0.2, 0.25) is 0 Å². The third kappa shape index (κ3) is 3.06. The van der Waals surface area contributed by atoms with Crippen LogP contribution in [0, 0.1) is 0 Å². The van der Waals surface area contributed by atoms with Gasteiger partial charge in [0.25, 0.3) is 0 Å². The summed E-state index contributed by atoms with van der Waals surface area (Å²) in [5, 5.41) is 10.3. The van der Waals surface area contributed by atoms with Gasteiger partial charge in [0.05, 0.1) is 19.8 Å². The lowest BCUT2D eigenvalue weighted by Gasteiger charge is -2.48. The van der Waals surface area contributed by atoms with Crippen LogP contribution in [0.4, 0.5) is 4.79 Å². The molecule has 4 rings (SSSR count). The number of amides is 1. The highest BCUT2D eigenvalue weighted by Crippen LogP contribution is 2.50. The van der Waals surface area contributed by atoms with Gasteiger partial charge >= 0.3 is 6.09 Å². The molecule has 2 atom stereocenters. The first-order valence-corrected chi connectivity index (χ1v) is 9.59. The maximum atomic E-state index is 12.9. The fourth-order valence-electron chi connectivity index (χ4n) is 4.02. The zero-order valence-electron chi connectivity index (χ0n) is 15.9. The van der Waals surface area contributed by atoms with Crippen LogP contribution in [-0.4, -0.2) is 48.9 Å². The molecule has 0 radical (unpaired) electrons. The molecular formula is C21H24N4O3. The molecule has 0 unspecified atom stereocenters. The van der Waals surface area contributed by atoms with Gasteiger partial charge in [0, 0.05) is 13.1 Å². The van der Waals surface area contributed by atoms with Crippen molar-refractivity contribution in [1.29, 1.82) is 0 Å². The summed E-state index contributed by atoms with van der Waals surface area (Å²) in [6, 6.07) is 19.6. The van der Waals surface area contributed by atoms with Crippen molar-refractivity contribution >= 4 is 6.09 Å². The zero-order chi connectivity index (χ0) is 19.4. The predicted molar refractivity (Wildman–Crippen MR) is 103 cm³/mol. The standard InChI is InChI=1S/C21H24N4O3/c1-2-28-20(26)25-21(18-11-7-4-8-12-18,24-13-15-27-16-14-24)19(22-23-25)17-9-5-3-6-10-17/h3-12,19H,2,13-16H2,1H3/t19-,21-/m0/s1. The third-order valence-electron chi connectivity index (χ3n) is 5.21. The van der Waals surface area contributed by atoms with Gasteiger partial charge in [0.2, 0.25) is 0 Å². The maximum Gasteiger partial charge on any atom is 0.434 e. The fraction of sp³-hybridized carbons (Fsp3) is 0.381. The average Bonchev–Trinajstić information content (AvgIpc) is 3.17. The Labute approximate surface area is 164 Å². The predicted octanol–water partition coefficient (Wildman–Crippen LogP) is 3.75. The minimum Gasteiger partial charge on any atom is -0.448 e. The lowest BCUT2D eigenvalue weighted by atomic mass is 9.85. The van der Waals surface area contributed by atoms with Crippen molar-refractivity contribution < 1.29 is 14.3 Å². The monoisotopic (exact) mass is 380 g/mol. The molecule has 0 bridgehead atoms. The summed E-state index contributed by atoms with van der Waals surface area (Å²) in [5.74, 6) is 0. The van der Waals surface area contributed by atoms with Crippen molar-refractivity contribution in [2.75, 3.05) is 32.9 Å². The topological polar surface area (TPSA) is 66.7 Å². The number of benzene rings is 2. The molecule has 2 aromatic carbocycles. The largest absolute Gasteiger partial charge is 0.448 e. The average molecular weight is 380 g/mol. The van der Waals surface area contributed by atoms with E-state index in [1.54, 1.807) is 6.92 Å². The Morgan fingerprint density at radius 2 is 1.75 bits per heavy atom. The zero-order valence-corrected chi connectivity index (χ0v) is 15.9. The van der Waals surface area contributed by atoms with Crippen LogP contribution in [-0.2, 0) is 15.1 Å². The van der Waals surface area contributed by atoms with Crippen LogP contribution in [0.1, 0.15) is 24.1 Å². The van der Waals surface area contributed by atoms with E-state index in [9.17, 15) is 4.79 Å². The van der Waals surface area contributed by atoms with Crippen LogP contribution in [0.25, 0.3) is 0 Å². The van der Waals surface area contributed by atoms with Crippen molar-refractivity contribution in [2.24, 2.45) is 10.3 Å². The van der Waals surface area contributed by atoms with Gasteiger partial charge in [-0.1, -0.05) is 65.9 Å². The SMILES string of the molecule is CCOC(=O)N1N=N[C@@H](c2ccccc2)[C@@]1(c1ccccc1)N1CCOCC1. The molecule has 2 heterocycles. The van der Waals surface area contributed by atoms with Gasteiger partial charge in [-0.05, 0) is 18.1 Å². The number of ether oxygens (including phenoxy) is 2. The summed E-state index contributed by atoms with van der Waals surface area (Å²) >= 11 is 0. The van der Waals surface area contributed by atoms with Crippen molar-refractivity contribution in [1.82, 2.24) is 9.91 Å². The summed E-state index contributed by atoms with van der Waals surface area (Å²) in [4.78, 5) is 15.2. The van der Waals surface area contributed by atoms with Gasteiger partial charge in [-0.25, -0.2) is 4.79 Å². The molecule has 28 heavy (non-hydrogen) atoms. The Hall–Kier alpha value is -2.77. The van der Waals surface area contributed by atoms with Crippen molar-refractivity contribution in [3.8, 4) is 0 Å². The number of carbonyl (C=O) groups is 1. The van der Waals surface area contributed by atoms with E-state index in [4.69, 9.17) is 9.47 Å². The van der Waals surface area contributed by atoms with Gasteiger partial charge in [-0.15, -0.1) is 0 Å². The summed E-state index contributed by atoms with van der Waals surface area (Å²) in [7, 11) is 0. The number of hydrogen-bond acceptors (Lipinski definition) is 6. The molecule has 2 aromatic rings. The molecule has 1 fully saturated rings. The highest BCUT2D eigenvalue weighted by Gasteiger charge is 2.58. The fourth-order valence-corrected chi connectivity index (χ4v) is 4.02. The van der Waals surface area contributed by atoms with E-state index in [0.717, 1.165) is 11.1 Å². The molecule has 2 aliphatic heterocycles. The minimum absolute atomic E-state index is 0.273. The second kappa shape index (κ2) is 8.08. The molecule has 0 saturated carbocycles. The normalized spacial score (nSPS) is 25.0. The van der Waals surface area contributed by atoms with E-state index in [-0.39, 0.29) is 12.6 Å². The first-order chi connectivity index (χ1) is 13.8. The summed E-state index contributed by atoms with van der Waals surface area (Å²) < 4.78 is 10.9. The molecule has 1 amide bonds. The lowest BCUT2D eigenvalue weighted by molar-refractivity contribution is -0.0965. The molecule has 0 aromatic heterocycles. The lowest BCUT2D eigenvalue weighted by Crippen LogP contribution is -2.61. The molecule has 0 spiro atoms. The van der Waals surface area contributed by atoms with E-state index in [2.05, 4.69) is 15.2 Å². The number of rotatable bonds is 4. The maximum absolute atomic E-state index is 12.9. The van der Waals surface area contributed by atoms with E-state index in [1.807, 2.05) is 60.7 Å². The van der Waals surface area contributed by atoms with Gasteiger partial charge in [0.1, 0.15) is 6.04 Å². The molecule has 146 valence electrons. The number of hydrogen-bond donors (Lipinski definition) is 0. The Balaban J connectivity index is 1.90. The quantitative estimate of drug-likeness (QED) is 0.810. The Morgan fingerprint density at radius 1 is 1.11 bits per heavy atom. The third-order valence-corrected chi connectivity index (χ3v) is 5.21. The summed E-state index contributed by atoms with van der Waals surface area (Å²) in [5.41, 5.74) is 1.04. The van der Waals surface area contributed by atoms with Crippen LogP contribution >= 0.6 is 0 Å². The van der Waals surface area contributed by atoms with E-state index < -0.39 is 11.8 Å². The molecular weight excluding hydrogens is 356 g/mol. The first-order valence-electron chi connectivity index (χ1n) is 9.59. The first kappa shape index (κ1) is 18.6. The van der Waals surface area contributed by atoms with Crippen molar-refractivity contribution in [2.45, 2.75) is 18.6 Å². The summed E-state index contributed by atoms with van der Waals surface area (Å²) in [6.07, 6.45) is -0.500. The molecule has 2 aliphatic rings. The van der Waals surface area contributed by atoms with Gasteiger partial charge in [-0.2, -0.15) is 10.1 Å². The Kier molecular flexibility index (Phi) is 5.36. The minimum atomic E-state index is -0.904. The molecule has 1 saturated heterocycles. The molecule has 7 heteroatoms. The number of carbonyl (C=O) groups excluding carboxylic acids is 1. The number of nitrogens with zero attached hydrogens (tertiary/aromatic N) is 4. The van der Waals surface area contributed by atoms with Crippen molar-refractivity contribution in [3.63, 3.8) is 0 Å². The molecule has 0 N–H and O–H groups in total. The van der Waals surface area contributed by atoms with Crippen LogP contribution < -0.4 is 0 Å². The van der Waals surface area contributed by atoms with Crippen LogP contribution in [0.3, 0.4) is 0 Å². The molecule has 0 aliphatic carbocycles. The van der Waals surface area contributed by atoms with Crippen LogP contribution in [0.15, 0.2) is 71.0 Å². The summed E-state index contributed by atoms with van der Waals surface area (Å²) in [6.45, 7) is 4.57. The van der Waals surface area contributed by atoms with Gasteiger partial charge < -0.3 is 9.47 Å². The van der Waals surface area contributed by atoms with Crippen molar-refractivity contribution in [3.05, 3.63) is 71.8 Å². The second-order valence-corrected chi connectivity index (χ2v) is 6.72. The smallest absolute Gasteiger partial charge is 0.434 e. The van der Waals surface area contributed by atoms with E-state index in [0.29, 0.717) is 26.3 Å². The number of morpholine rings is 1. The molecule has 7 nitrogen and oxygen atoms in total. The Bertz CT molecular complexity index is 824. The second-order valence-electron chi connectivity index (χ2n) is 6.72. The van der Waals surface area contributed by atoms with Gasteiger partial charge in [0.15, 0.2) is 5.66 Å². The van der Waals surface area contributed by atoms with Gasteiger partial charge in [-0.3, -0.25) is 4.90 Å². The van der Waals surface area contributed by atoms with E-state index in [1.165, 1.54) is 5.01 Å².